The van der Waals surface area contributed by atoms with Crippen molar-refractivity contribution in [3.05, 3.63) is 54.3 Å². The zero-order valence-corrected chi connectivity index (χ0v) is 16.0. The molecule has 0 aromatic heterocycles. The van der Waals surface area contributed by atoms with E-state index in [0.29, 0.717) is 11.6 Å². The maximum Gasteiger partial charge on any atom is 0.156 e. The Morgan fingerprint density at radius 3 is 2.45 bits per heavy atom. The fraction of sp³-hybridized carbons (Fsp3) is 0.143. The van der Waals surface area contributed by atoms with Gasteiger partial charge in [0.2, 0.25) is 0 Å². The smallest absolute Gasteiger partial charge is 0.156 e. The Morgan fingerprint density at radius 2 is 1.80 bits per heavy atom. The molecular formula is C14H11Br3ClNO. The molecule has 2 rings (SSSR count). The first-order valence-electron chi connectivity index (χ1n) is 5.72. The molecule has 0 heterocycles. The fourth-order valence-corrected chi connectivity index (χ4v) is 3.39. The van der Waals surface area contributed by atoms with Crippen molar-refractivity contribution >= 4 is 65.1 Å². The maximum atomic E-state index is 6.07. The Kier molecular flexibility index (Phi) is 5.78. The molecule has 2 aromatic rings. The van der Waals surface area contributed by atoms with E-state index in [1.54, 1.807) is 7.11 Å². The van der Waals surface area contributed by atoms with Gasteiger partial charge >= 0.3 is 0 Å². The van der Waals surface area contributed by atoms with Gasteiger partial charge in [0.1, 0.15) is 0 Å². The summed E-state index contributed by atoms with van der Waals surface area (Å²) in [6, 6.07) is 9.77. The molecule has 0 aliphatic rings. The molecule has 0 saturated heterocycles. The quantitative estimate of drug-likeness (QED) is 0.554. The van der Waals surface area contributed by atoms with Crippen LogP contribution in [-0.4, -0.2) is 7.11 Å². The van der Waals surface area contributed by atoms with Crippen molar-refractivity contribution < 1.29 is 4.74 Å². The largest absolute Gasteiger partial charge is 0.493 e. The number of rotatable bonds is 4. The minimum Gasteiger partial charge on any atom is -0.493 e. The first kappa shape index (κ1) is 16.1. The van der Waals surface area contributed by atoms with E-state index in [4.69, 9.17) is 16.3 Å². The second-order valence-corrected chi connectivity index (χ2v) is 7.07. The SMILES string of the molecule is COc1c(Br)cc(Cl)cc1NCc1ccc(Br)c(Br)c1. The van der Waals surface area contributed by atoms with Crippen molar-refractivity contribution in [3.63, 3.8) is 0 Å². The van der Waals surface area contributed by atoms with Crippen LogP contribution in [0.2, 0.25) is 5.02 Å². The standard InChI is InChI=1S/C14H11Br3ClNO/c1-20-14-12(17)5-9(18)6-13(14)19-7-8-2-3-10(15)11(16)4-8/h2-6,19H,7H2,1H3. The molecule has 0 unspecified atom stereocenters. The molecule has 6 heteroatoms. The van der Waals surface area contributed by atoms with Crippen LogP contribution in [0.3, 0.4) is 0 Å². The van der Waals surface area contributed by atoms with Crippen molar-refractivity contribution in [2.45, 2.75) is 6.54 Å². The van der Waals surface area contributed by atoms with Crippen molar-refractivity contribution in [2.24, 2.45) is 0 Å². The number of benzene rings is 2. The molecule has 0 fully saturated rings. The van der Waals surface area contributed by atoms with Crippen LogP contribution in [0.25, 0.3) is 0 Å². The number of hydrogen-bond donors (Lipinski definition) is 1. The minimum absolute atomic E-state index is 0.650. The summed E-state index contributed by atoms with van der Waals surface area (Å²) in [5.74, 6) is 0.741. The molecular weight excluding hydrogens is 473 g/mol. The third kappa shape index (κ3) is 3.91. The summed E-state index contributed by atoms with van der Waals surface area (Å²) in [6.45, 7) is 0.676. The summed E-state index contributed by atoms with van der Waals surface area (Å²) in [7, 11) is 1.63. The molecule has 0 radical (unpaired) electrons. The molecule has 0 bridgehead atoms. The zero-order chi connectivity index (χ0) is 14.7. The highest BCUT2D eigenvalue weighted by Crippen LogP contribution is 2.36. The highest BCUT2D eigenvalue weighted by atomic mass is 79.9. The summed E-state index contributed by atoms with van der Waals surface area (Å²) in [5.41, 5.74) is 2.00. The van der Waals surface area contributed by atoms with E-state index < -0.39 is 0 Å². The summed E-state index contributed by atoms with van der Waals surface area (Å²) >= 11 is 16.5. The Hall–Kier alpha value is -0.230. The monoisotopic (exact) mass is 481 g/mol. The second-order valence-electron chi connectivity index (χ2n) is 4.07. The van der Waals surface area contributed by atoms with Gasteiger partial charge in [0.15, 0.2) is 5.75 Å². The molecule has 106 valence electrons. The Bertz CT molecular complexity index is 634. The van der Waals surface area contributed by atoms with Gasteiger partial charge in [0, 0.05) is 20.5 Å². The van der Waals surface area contributed by atoms with Gasteiger partial charge < -0.3 is 10.1 Å². The van der Waals surface area contributed by atoms with Crippen LogP contribution in [0.1, 0.15) is 5.56 Å². The fourth-order valence-electron chi connectivity index (χ4n) is 1.75. The Balaban J connectivity index is 2.20. The molecule has 0 amide bonds. The topological polar surface area (TPSA) is 21.3 Å². The first-order chi connectivity index (χ1) is 9.51. The second kappa shape index (κ2) is 7.16. The molecule has 0 aliphatic carbocycles. The summed E-state index contributed by atoms with van der Waals surface area (Å²) < 4.78 is 8.26. The van der Waals surface area contributed by atoms with Crippen LogP contribution in [0.5, 0.6) is 5.75 Å². The van der Waals surface area contributed by atoms with E-state index in [1.165, 1.54) is 0 Å². The Morgan fingerprint density at radius 1 is 1.05 bits per heavy atom. The zero-order valence-electron chi connectivity index (χ0n) is 10.5. The van der Waals surface area contributed by atoms with Gasteiger partial charge in [0.05, 0.1) is 17.3 Å². The van der Waals surface area contributed by atoms with Gasteiger partial charge in [-0.25, -0.2) is 0 Å². The third-order valence-electron chi connectivity index (χ3n) is 2.68. The molecule has 0 aliphatic heterocycles. The Labute approximate surface area is 148 Å². The van der Waals surface area contributed by atoms with Crippen molar-refractivity contribution in [2.75, 3.05) is 12.4 Å². The first-order valence-corrected chi connectivity index (χ1v) is 8.48. The van der Waals surface area contributed by atoms with E-state index >= 15 is 0 Å². The number of anilines is 1. The molecule has 1 N–H and O–H groups in total. The maximum absolute atomic E-state index is 6.07. The van der Waals surface area contributed by atoms with E-state index in [2.05, 4.69) is 59.2 Å². The average Bonchev–Trinajstić information content (AvgIpc) is 2.39. The van der Waals surface area contributed by atoms with E-state index in [-0.39, 0.29) is 0 Å². The molecule has 0 atom stereocenters. The predicted molar refractivity (Wildman–Crippen MR) is 94.9 cm³/mol. The summed E-state index contributed by atoms with van der Waals surface area (Å²) in [4.78, 5) is 0. The van der Waals surface area contributed by atoms with E-state index in [0.717, 1.165) is 30.4 Å². The third-order valence-corrected chi connectivity index (χ3v) is 5.37. The van der Waals surface area contributed by atoms with E-state index in [9.17, 15) is 0 Å². The average molecular weight is 484 g/mol. The van der Waals surface area contributed by atoms with Gasteiger partial charge in [0.25, 0.3) is 0 Å². The lowest BCUT2D eigenvalue weighted by Gasteiger charge is -2.13. The normalized spacial score (nSPS) is 10.4. The van der Waals surface area contributed by atoms with Crippen LogP contribution in [0, 0.1) is 0 Å². The number of hydrogen-bond acceptors (Lipinski definition) is 2. The number of nitrogens with one attached hydrogen (secondary N) is 1. The minimum atomic E-state index is 0.650. The van der Waals surface area contributed by atoms with E-state index in [1.807, 2.05) is 24.3 Å². The molecule has 0 spiro atoms. The summed E-state index contributed by atoms with van der Waals surface area (Å²) in [6.07, 6.45) is 0. The lowest BCUT2D eigenvalue weighted by molar-refractivity contribution is 0.414. The van der Waals surface area contributed by atoms with Crippen molar-refractivity contribution in [1.29, 1.82) is 0 Å². The van der Waals surface area contributed by atoms with Crippen molar-refractivity contribution in [1.82, 2.24) is 0 Å². The van der Waals surface area contributed by atoms with Gasteiger partial charge in [-0.2, -0.15) is 0 Å². The highest BCUT2D eigenvalue weighted by molar-refractivity contribution is 9.13. The van der Waals surface area contributed by atoms with Gasteiger partial charge in [-0.3, -0.25) is 0 Å². The van der Waals surface area contributed by atoms with Crippen molar-refractivity contribution in [3.8, 4) is 5.75 Å². The van der Waals surface area contributed by atoms with Crippen LogP contribution < -0.4 is 10.1 Å². The predicted octanol–water partition coefficient (Wildman–Crippen LogP) is 6.25. The molecule has 20 heavy (non-hydrogen) atoms. The van der Waals surface area contributed by atoms with Crippen LogP contribution >= 0.6 is 59.4 Å². The molecule has 0 saturated carbocycles. The lowest BCUT2D eigenvalue weighted by atomic mass is 10.2. The van der Waals surface area contributed by atoms with Gasteiger partial charge in [-0.05, 0) is 77.6 Å². The van der Waals surface area contributed by atoms with Crippen LogP contribution in [0.15, 0.2) is 43.7 Å². The highest BCUT2D eigenvalue weighted by Gasteiger charge is 2.09. The van der Waals surface area contributed by atoms with Crippen LogP contribution in [-0.2, 0) is 6.54 Å². The molecule has 2 nitrogen and oxygen atoms in total. The lowest BCUT2D eigenvalue weighted by Crippen LogP contribution is -2.02. The van der Waals surface area contributed by atoms with Crippen LogP contribution in [0.4, 0.5) is 5.69 Å². The number of halogens is 4. The number of methoxy groups -OCH3 is 1. The summed E-state index contributed by atoms with van der Waals surface area (Å²) in [5, 5.41) is 3.98. The molecule has 2 aromatic carbocycles. The van der Waals surface area contributed by atoms with Gasteiger partial charge in [-0.15, -0.1) is 0 Å². The number of ether oxygens (including phenoxy) is 1. The van der Waals surface area contributed by atoms with Gasteiger partial charge in [-0.1, -0.05) is 17.7 Å².